The number of rotatable bonds is 8. The maximum Gasteiger partial charge on any atom is 0.164 e. The van der Waals surface area contributed by atoms with E-state index in [1.54, 1.807) is 0 Å². The second-order valence-electron chi connectivity index (χ2n) is 17.0. The van der Waals surface area contributed by atoms with Gasteiger partial charge in [0, 0.05) is 60.8 Å². The van der Waals surface area contributed by atoms with Crippen molar-refractivity contribution in [2.75, 3.05) is 0 Å². The van der Waals surface area contributed by atoms with E-state index < -0.39 is 0 Å². The summed E-state index contributed by atoms with van der Waals surface area (Å²) in [6.45, 7) is 0. The topological polar surface area (TPSA) is 60.9 Å². The minimum absolute atomic E-state index is 0.589. The number of hydrogen-bond acceptors (Lipinski definition) is 4. The number of nitrogens with zero attached hydrogens (tertiary/aromatic N) is 6. The highest BCUT2D eigenvalue weighted by Crippen LogP contribution is 2.46. The average molecular weight is 869 g/mol. The first-order chi connectivity index (χ1) is 33.7. The highest BCUT2D eigenvalue weighted by molar-refractivity contribution is 6.15. The lowest BCUT2D eigenvalue weighted by molar-refractivity contribution is 0.981. The maximum absolute atomic E-state index is 5.58. The Morgan fingerprint density at radius 1 is 0.294 bits per heavy atom. The number of fused-ring (bicyclic) bond motifs is 6. The van der Waals surface area contributed by atoms with Gasteiger partial charge in [0.15, 0.2) is 17.5 Å². The van der Waals surface area contributed by atoms with Crippen molar-refractivity contribution in [3.05, 3.63) is 243 Å². The van der Waals surface area contributed by atoms with Gasteiger partial charge in [-0.1, -0.05) is 200 Å². The van der Waals surface area contributed by atoms with E-state index in [0.29, 0.717) is 17.5 Å². The van der Waals surface area contributed by atoms with Gasteiger partial charge in [-0.05, 0) is 59.0 Å². The van der Waals surface area contributed by atoms with Crippen LogP contribution in [0.5, 0.6) is 0 Å². The molecule has 0 radical (unpaired) electrons. The highest BCUT2D eigenvalue weighted by atomic mass is 15.2. The number of aromatic nitrogens is 6. The Hall–Kier alpha value is -9.26. The van der Waals surface area contributed by atoms with E-state index in [1.807, 2.05) is 18.2 Å². The third kappa shape index (κ3) is 6.58. The molecule has 0 amide bonds. The van der Waals surface area contributed by atoms with E-state index in [9.17, 15) is 0 Å². The van der Waals surface area contributed by atoms with E-state index in [-0.39, 0.29) is 0 Å². The predicted octanol–water partition coefficient (Wildman–Crippen LogP) is 15.4. The molecule has 68 heavy (non-hydrogen) atoms. The fraction of sp³-hybridized carbons (Fsp3) is 0. The Morgan fingerprint density at radius 3 is 1.34 bits per heavy atom. The van der Waals surface area contributed by atoms with Gasteiger partial charge >= 0.3 is 0 Å². The number of para-hydroxylation sites is 2. The van der Waals surface area contributed by atoms with Gasteiger partial charge in [-0.3, -0.25) is 0 Å². The van der Waals surface area contributed by atoms with Crippen molar-refractivity contribution in [3.63, 3.8) is 0 Å². The molecule has 0 aliphatic heterocycles. The number of benzene rings is 9. The lowest BCUT2D eigenvalue weighted by atomic mass is 9.90. The summed E-state index contributed by atoms with van der Waals surface area (Å²) in [5, 5.41) is 10.3. The SMILES string of the molecule is c1ccc(-c2nc(-c3ccc(-n4c5ccccc5c5ccccc54)cc3)nc(-c3cccc(-c4c(-c5ccccc5)n5nc(-c6ccccc6)c(-c6ccccc6)c5c5ccccc45)c3)n2)cc1. The number of hydrogen-bond donors (Lipinski definition) is 0. The van der Waals surface area contributed by atoms with Gasteiger partial charge < -0.3 is 4.57 Å². The van der Waals surface area contributed by atoms with Gasteiger partial charge in [-0.25, -0.2) is 19.5 Å². The minimum Gasteiger partial charge on any atom is -0.309 e. The van der Waals surface area contributed by atoms with Crippen LogP contribution in [-0.2, 0) is 0 Å². The molecule has 0 saturated heterocycles. The van der Waals surface area contributed by atoms with Crippen LogP contribution in [0.3, 0.4) is 0 Å². The minimum atomic E-state index is 0.589. The van der Waals surface area contributed by atoms with E-state index >= 15 is 0 Å². The molecule has 6 heteroatoms. The van der Waals surface area contributed by atoms with Crippen LogP contribution < -0.4 is 0 Å². The summed E-state index contributed by atoms with van der Waals surface area (Å²) >= 11 is 0. The molecule has 13 aromatic rings. The van der Waals surface area contributed by atoms with Crippen LogP contribution in [-0.4, -0.2) is 29.1 Å². The molecule has 318 valence electrons. The first-order valence-corrected chi connectivity index (χ1v) is 22.9. The van der Waals surface area contributed by atoms with Gasteiger partial charge in [0.25, 0.3) is 0 Å². The smallest absolute Gasteiger partial charge is 0.164 e. The van der Waals surface area contributed by atoms with Crippen LogP contribution >= 0.6 is 0 Å². The Kier molecular flexibility index (Phi) is 9.39. The third-order valence-corrected chi connectivity index (χ3v) is 13.0. The molecule has 0 bridgehead atoms. The molecule has 0 fully saturated rings. The summed E-state index contributed by atoms with van der Waals surface area (Å²) in [6, 6.07) is 85.0. The predicted molar refractivity (Wildman–Crippen MR) is 278 cm³/mol. The third-order valence-electron chi connectivity index (χ3n) is 13.0. The fourth-order valence-electron chi connectivity index (χ4n) is 9.93. The van der Waals surface area contributed by atoms with Crippen molar-refractivity contribution in [2.45, 2.75) is 0 Å². The first kappa shape index (κ1) is 39.1. The summed E-state index contributed by atoms with van der Waals surface area (Å²) in [5.74, 6) is 1.80. The normalized spacial score (nSPS) is 11.5. The molecule has 13 rings (SSSR count). The second-order valence-corrected chi connectivity index (χ2v) is 17.0. The summed E-state index contributed by atoms with van der Waals surface area (Å²) in [5.41, 5.74) is 15.5. The van der Waals surface area contributed by atoms with Crippen LogP contribution in [0.15, 0.2) is 243 Å². The Bertz CT molecular complexity index is 3940. The molecule has 4 aromatic heterocycles. The van der Waals surface area contributed by atoms with Crippen molar-refractivity contribution in [2.24, 2.45) is 0 Å². The highest BCUT2D eigenvalue weighted by Gasteiger charge is 2.26. The van der Waals surface area contributed by atoms with Crippen molar-refractivity contribution in [3.8, 4) is 84.6 Å². The summed E-state index contributed by atoms with van der Waals surface area (Å²) in [7, 11) is 0. The molecule has 9 aromatic carbocycles. The van der Waals surface area contributed by atoms with Crippen LogP contribution in [0.4, 0.5) is 0 Å². The van der Waals surface area contributed by atoms with Gasteiger partial charge in [-0.15, -0.1) is 0 Å². The summed E-state index contributed by atoms with van der Waals surface area (Å²) < 4.78 is 4.51. The largest absolute Gasteiger partial charge is 0.309 e. The zero-order chi connectivity index (χ0) is 45.0. The van der Waals surface area contributed by atoms with Crippen molar-refractivity contribution in [1.29, 1.82) is 0 Å². The van der Waals surface area contributed by atoms with E-state index in [2.05, 4.69) is 234 Å². The van der Waals surface area contributed by atoms with Gasteiger partial charge in [-0.2, -0.15) is 5.10 Å². The summed E-state index contributed by atoms with van der Waals surface area (Å²) in [4.78, 5) is 15.6. The molecule has 6 nitrogen and oxygen atoms in total. The molecule has 0 N–H and O–H groups in total. The van der Waals surface area contributed by atoms with E-state index in [4.69, 9.17) is 20.1 Å². The Balaban J connectivity index is 1.01. The van der Waals surface area contributed by atoms with E-state index in [1.165, 1.54) is 21.8 Å². The first-order valence-electron chi connectivity index (χ1n) is 22.9. The summed E-state index contributed by atoms with van der Waals surface area (Å²) in [6.07, 6.45) is 0. The van der Waals surface area contributed by atoms with Gasteiger partial charge in [0.2, 0.25) is 0 Å². The van der Waals surface area contributed by atoms with E-state index in [0.717, 1.165) is 83.4 Å². The Morgan fingerprint density at radius 2 is 0.735 bits per heavy atom. The van der Waals surface area contributed by atoms with Crippen LogP contribution in [0.2, 0.25) is 0 Å². The molecule has 0 aliphatic carbocycles. The van der Waals surface area contributed by atoms with Crippen LogP contribution in [0.1, 0.15) is 0 Å². The molecule has 0 saturated carbocycles. The lowest BCUT2D eigenvalue weighted by Gasteiger charge is -2.18. The monoisotopic (exact) mass is 868 g/mol. The number of pyridine rings is 1. The van der Waals surface area contributed by atoms with Crippen molar-refractivity contribution >= 4 is 38.1 Å². The molecule has 4 heterocycles. The molecular formula is C62H40N6. The zero-order valence-electron chi connectivity index (χ0n) is 36.8. The second kappa shape index (κ2) is 16.3. The lowest BCUT2D eigenvalue weighted by Crippen LogP contribution is -2.02. The quantitative estimate of drug-likeness (QED) is 0.153. The van der Waals surface area contributed by atoms with Crippen LogP contribution in [0, 0.1) is 0 Å². The average Bonchev–Trinajstić information content (AvgIpc) is 3.99. The fourth-order valence-corrected chi connectivity index (χ4v) is 9.93. The standard InChI is InChI=1S/C62H40N6/c1-5-20-41(21-6-1)56-57(42-22-7-2-8-23-42)66-68-58(43-24-9-3-10-25-43)55(51-32-13-14-33-52(51)59(56)68)46-28-19-29-47(40-46)62-64-60(44-26-11-4-12-27-44)63-61(65-62)45-36-38-48(39-37-45)67-53-34-17-15-30-49(53)50-31-16-18-35-54(50)67/h1-40H. The van der Waals surface area contributed by atoms with Crippen LogP contribution in [0.25, 0.3) is 123 Å². The maximum atomic E-state index is 5.58. The van der Waals surface area contributed by atoms with Gasteiger partial charge in [0.1, 0.15) is 5.69 Å². The Labute approximate surface area is 392 Å². The molecule has 0 spiro atoms. The van der Waals surface area contributed by atoms with Crippen molar-refractivity contribution < 1.29 is 0 Å². The molecule has 0 atom stereocenters. The van der Waals surface area contributed by atoms with Gasteiger partial charge in [0.05, 0.1) is 22.2 Å². The van der Waals surface area contributed by atoms with Crippen molar-refractivity contribution in [1.82, 2.24) is 29.1 Å². The molecular weight excluding hydrogens is 829 g/mol. The molecule has 0 aliphatic rings. The zero-order valence-corrected chi connectivity index (χ0v) is 36.8. The molecule has 0 unspecified atom stereocenters.